The molecule has 3 atom stereocenters. The number of rotatable bonds is 5. The Kier molecular flexibility index (Phi) is 5.59. The first-order valence-corrected chi connectivity index (χ1v) is 6.73. The third-order valence-electron chi connectivity index (χ3n) is 3.72. The van der Waals surface area contributed by atoms with Crippen molar-refractivity contribution in [3.8, 4) is 0 Å². The molecular formula is C13H24N2O3. The van der Waals surface area contributed by atoms with E-state index >= 15 is 0 Å². The summed E-state index contributed by atoms with van der Waals surface area (Å²) >= 11 is 0. The van der Waals surface area contributed by atoms with Gasteiger partial charge in [0.05, 0.1) is 6.54 Å². The molecule has 0 saturated carbocycles. The van der Waals surface area contributed by atoms with E-state index in [9.17, 15) is 14.7 Å². The number of aliphatic carboxylic acids is 1. The van der Waals surface area contributed by atoms with Crippen LogP contribution < -0.4 is 5.32 Å². The van der Waals surface area contributed by atoms with E-state index in [1.165, 1.54) is 4.90 Å². The highest BCUT2D eigenvalue weighted by Crippen LogP contribution is 2.23. The van der Waals surface area contributed by atoms with E-state index in [1.807, 2.05) is 20.8 Å². The summed E-state index contributed by atoms with van der Waals surface area (Å²) in [7, 11) is 0. The molecule has 1 saturated heterocycles. The van der Waals surface area contributed by atoms with Gasteiger partial charge in [-0.05, 0) is 32.1 Å². The molecule has 1 fully saturated rings. The number of carboxylic acids is 1. The predicted molar refractivity (Wildman–Crippen MR) is 69.3 cm³/mol. The highest BCUT2D eigenvalue weighted by atomic mass is 16.4. The van der Waals surface area contributed by atoms with Crippen LogP contribution in [0.15, 0.2) is 0 Å². The van der Waals surface area contributed by atoms with E-state index in [0.29, 0.717) is 6.54 Å². The van der Waals surface area contributed by atoms with E-state index in [0.717, 1.165) is 19.3 Å². The van der Waals surface area contributed by atoms with Gasteiger partial charge in [-0.25, -0.2) is 4.79 Å². The van der Waals surface area contributed by atoms with Gasteiger partial charge in [-0.2, -0.15) is 0 Å². The van der Waals surface area contributed by atoms with Gasteiger partial charge in [0.1, 0.15) is 6.04 Å². The summed E-state index contributed by atoms with van der Waals surface area (Å²) in [6.07, 6.45) is 2.71. The molecule has 0 aliphatic carbocycles. The van der Waals surface area contributed by atoms with Crippen LogP contribution in [0.5, 0.6) is 0 Å². The van der Waals surface area contributed by atoms with Crippen LogP contribution in [-0.2, 0) is 9.59 Å². The number of piperidine rings is 1. The molecule has 18 heavy (non-hydrogen) atoms. The summed E-state index contributed by atoms with van der Waals surface area (Å²) in [5.74, 6) is -0.961. The minimum Gasteiger partial charge on any atom is -0.480 e. The minimum absolute atomic E-state index is 0.0313. The molecule has 3 unspecified atom stereocenters. The number of carbonyl (C=O) groups excluding carboxylic acids is 1. The van der Waals surface area contributed by atoms with Gasteiger partial charge >= 0.3 is 5.97 Å². The van der Waals surface area contributed by atoms with E-state index in [4.69, 9.17) is 0 Å². The molecule has 104 valence electrons. The second-order valence-corrected chi connectivity index (χ2v) is 5.18. The van der Waals surface area contributed by atoms with Gasteiger partial charge in [0.25, 0.3) is 0 Å². The summed E-state index contributed by atoms with van der Waals surface area (Å²) < 4.78 is 0. The zero-order valence-electron chi connectivity index (χ0n) is 11.5. The lowest BCUT2D eigenvalue weighted by Gasteiger charge is -2.37. The monoisotopic (exact) mass is 256 g/mol. The largest absolute Gasteiger partial charge is 0.480 e. The summed E-state index contributed by atoms with van der Waals surface area (Å²) in [5.41, 5.74) is 0. The Labute approximate surface area is 109 Å². The Hall–Kier alpha value is -1.10. The average molecular weight is 256 g/mol. The third-order valence-corrected chi connectivity index (χ3v) is 3.72. The molecule has 0 aromatic heterocycles. The Morgan fingerprint density at radius 1 is 1.50 bits per heavy atom. The fraction of sp³-hybridized carbons (Fsp3) is 0.846. The second kappa shape index (κ2) is 6.73. The van der Waals surface area contributed by atoms with Crippen molar-refractivity contribution in [2.75, 3.05) is 13.1 Å². The predicted octanol–water partition coefficient (Wildman–Crippen LogP) is 1.09. The molecule has 0 spiro atoms. The highest BCUT2D eigenvalue weighted by molar-refractivity contribution is 5.85. The molecular weight excluding hydrogens is 232 g/mol. The minimum atomic E-state index is -0.890. The molecule has 1 heterocycles. The van der Waals surface area contributed by atoms with Crippen LogP contribution in [0, 0.1) is 5.92 Å². The van der Waals surface area contributed by atoms with Gasteiger partial charge in [-0.3, -0.25) is 4.79 Å². The lowest BCUT2D eigenvalue weighted by molar-refractivity contribution is -0.154. The normalized spacial score (nSPS) is 25.8. The number of nitrogens with one attached hydrogen (secondary N) is 1. The molecule has 0 aromatic carbocycles. The fourth-order valence-corrected chi connectivity index (χ4v) is 2.35. The molecule has 0 bridgehead atoms. The van der Waals surface area contributed by atoms with Gasteiger partial charge in [0.2, 0.25) is 5.91 Å². The number of nitrogens with zero attached hydrogens (tertiary/aromatic N) is 1. The SMILES string of the molecule is CCC(C)NCC(=O)N1CCCC(C)C1C(=O)O. The van der Waals surface area contributed by atoms with E-state index in [-0.39, 0.29) is 24.4 Å². The number of amides is 1. The van der Waals surface area contributed by atoms with E-state index in [1.54, 1.807) is 0 Å². The van der Waals surface area contributed by atoms with Crippen molar-refractivity contribution in [1.82, 2.24) is 10.2 Å². The molecule has 1 aliphatic rings. The first-order chi connectivity index (χ1) is 8.47. The number of carboxylic acid groups (broad SMARTS) is 1. The van der Waals surface area contributed by atoms with Crippen molar-refractivity contribution in [1.29, 1.82) is 0 Å². The lowest BCUT2D eigenvalue weighted by Crippen LogP contribution is -2.54. The lowest BCUT2D eigenvalue weighted by atomic mass is 9.90. The zero-order valence-corrected chi connectivity index (χ0v) is 11.5. The quantitative estimate of drug-likeness (QED) is 0.772. The Morgan fingerprint density at radius 2 is 2.17 bits per heavy atom. The van der Waals surface area contributed by atoms with Gasteiger partial charge in [-0.1, -0.05) is 13.8 Å². The summed E-state index contributed by atoms with van der Waals surface area (Å²) in [6, 6.07) is -0.385. The van der Waals surface area contributed by atoms with Crippen LogP contribution in [0.25, 0.3) is 0 Å². The molecule has 1 aliphatic heterocycles. The summed E-state index contributed by atoms with van der Waals surface area (Å²) in [6.45, 7) is 6.75. The maximum Gasteiger partial charge on any atom is 0.326 e. The van der Waals surface area contributed by atoms with Crippen LogP contribution in [0.4, 0.5) is 0 Å². The summed E-state index contributed by atoms with van der Waals surface area (Å²) in [4.78, 5) is 24.9. The highest BCUT2D eigenvalue weighted by Gasteiger charge is 2.36. The van der Waals surface area contributed by atoms with Gasteiger partial charge < -0.3 is 15.3 Å². The Balaban J connectivity index is 2.61. The second-order valence-electron chi connectivity index (χ2n) is 5.18. The van der Waals surface area contributed by atoms with Gasteiger partial charge in [-0.15, -0.1) is 0 Å². The van der Waals surface area contributed by atoms with Crippen molar-refractivity contribution in [2.24, 2.45) is 5.92 Å². The standard InChI is InChI=1S/C13H24N2O3/c1-4-10(3)14-8-11(16)15-7-5-6-9(2)12(15)13(17)18/h9-10,12,14H,4-8H2,1-3H3,(H,17,18). The zero-order chi connectivity index (χ0) is 13.7. The first kappa shape index (κ1) is 15.0. The summed E-state index contributed by atoms with van der Waals surface area (Å²) in [5, 5.41) is 12.4. The van der Waals surface area contributed by atoms with Crippen molar-refractivity contribution in [3.63, 3.8) is 0 Å². The molecule has 5 heteroatoms. The molecule has 0 aromatic rings. The fourth-order valence-electron chi connectivity index (χ4n) is 2.35. The van der Waals surface area contributed by atoms with Crippen LogP contribution in [0.1, 0.15) is 40.0 Å². The molecule has 2 N–H and O–H groups in total. The number of hydrogen-bond acceptors (Lipinski definition) is 3. The van der Waals surface area contributed by atoms with E-state index in [2.05, 4.69) is 5.32 Å². The van der Waals surface area contributed by atoms with Crippen LogP contribution >= 0.6 is 0 Å². The average Bonchev–Trinajstić information content (AvgIpc) is 2.34. The third kappa shape index (κ3) is 3.70. The first-order valence-electron chi connectivity index (χ1n) is 6.73. The van der Waals surface area contributed by atoms with Crippen LogP contribution in [0.3, 0.4) is 0 Å². The van der Waals surface area contributed by atoms with Crippen molar-refractivity contribution in [2.45, 2.75) is 52.1 Å². The van der Waals surface area contributed by atoms with Gasteiger partial charge in [0.15, 0.2) is 0 Å². The van der Waals surface area contributed by atoms with Gasteiger partial charge in [0, 0.05) is 12.6 Å². The molecule has 5 nitrogen and oxygen atoms in total. The van der Waals surface area contributed by atoms with Crippen molar-refractivity contribution in [3.05, 3.63) is 0 Å². The number of carbonyl (C=O) groups is 2. The number of hydrogen-bond donors (Lipinski definition) is 2. The van der Waals surface area contributed by atoms with E-state index < -0.39 is 12.0 Å². The smallest absolute Gasteiger partial charge is 0.326 e. The molecule has 1 amide bonds. The number of likely N-dealkylation sites (tertiary alicyclic amines) is 1. The topological polar surface area (TPSA) is 69.6 Å². The van der Waals surface area contributed by atoms with Crippen molar-refractivity contribution >= 4 is 11.9 Å². The Bertz CT molecular complexity index is 307. The maximum absolute atomic E-state index is 12.1. The molecule has 0 radical (unpaired) electrons. The Morgan fingerprint density at radius 3 is 2.72 bits per heavy atom. The van der Waals surface area contributed by atoms with Crippen LogP contribution in [-0.4, -0.2) is 47.1 Å². The molecule has 1 rings (SSSR count). The maximum atomic E-state index is 12.1. The van der Waals surface area contributed by atoms with Crippen LogP contribution in [0.2, 0.25) is 0 Å². The van der Waals surface area contributed by atoms with Crippen molar-refractivity contribution < 1.29 is 14.7 Å².